The van der Waals surface area contributed by atoms with Crippen molar-refractivity contribution in [2.45, 2.75) is 26.8 Å². The Bertz CT molecular complexity index is 928. The van der Waals surface area contributed by atoms with E-state index in [1.165, 1.54) is 21.8 Å². The van der Waals surface area contributed by atoms with Gasteiger partial charge in [0.1, 0.15) is 6.61 Å². The van der Waals surface area contributed by atoms with E-state index in [1.807, 2.05) is 6.07 Å². The summed E-state index contributed by atoms with van der Waals surface area (Å²) in [6.45, 7) is 7.34. The fraction of sp³-hybridized carbons (Fsp3) is 0.381. The summed E-state index contributed by atoms with van der Waals surface area (Å²) >= 11 is 0. The van der Waals surface area contributed by atoms with E-state index in [4.69, 9.17) is 9.47 Å². The first-order valence-electron chi connectivity index (χ1n) is 8.93. The zero-order valence-electron chi connectivity index (χ0n) is 15.8. The number of nitrogens with one attached hydrogen (secondary N) is 1. The van der Waals surface area contributed by atoms with E-state index < -0.39 is 0 Å². The summed E-state index contributed by atoms with van der Waals surface area (Å²) in [5.41, 5.74) is 4.30. The number of fused-ring (bicyclic) bond motifs is 3. The van der Waals surface area contributed by atoms with Gasteiger partial charge in [0.15, 0.2) is 0 Å². The smallest absolute Gasteiger partial charge is 0.250 e. The number of methoxy groups -OCH3 is 1. The van der Waals surface area contributed by atoms with E-state index in [1.54, 1.807) is 7.11 Å². The monoisotopic (exact) mass is 354 g/mol. The SMILES string of the molecule is COCCOCC(=O)Nc1ccc2c(c1C)c1ccccc1n2C(C)C. The zero-order chi connectivity index (χ0) is 18.7. The number of carbonyl (C=O) groups excluding carboxylic acids is 1. The van der Waals surface area contributed by atoms with Gasteiger partial charge in [-0.2, -0.15) is 0 Å². The molecular weight excluding hydrogens is 328 g/mol. The van der Waals surface area contributed by atoms with Crippen molar-refractivity contribution in [1.82, 2.24) is 4.57 Å². The first-order valence-corrected chi connectivity index (χ1v) is 8.93. The standard InChI is InChI=1S/C21H26N2O3/c1-14(2)23-18-8-6-5-7-16(18)21-15(3)17(9-10-19(21)23)22-20(24)13-26-12-11-25-4/h5-10,14H,11-13H2,1-4H3,(H,22,24). The van der Waals surface area contributed by atoms with Crippen LogP contribution in [0.25, 0.3) is 21.8 Å². The van der Waals surface area contributed by atoms with E-state index in [0.29, 0.717) is 19.3 Å². The average Bonchev–Trinajstić information content (AvgIpc) is 2.96. The first-order chi connectivity index (χ1) is 12.5. The van der Waals surface area contributed by atoms with Crippen LogP contribution in [-0.2, 0) is 14.3 Å². The first kappa shape index (κ1) is 18.4. The lowest BCUT2D eigenvalue weighted by Gasteiger charge is -2.13. The van der Waals surface area contributed by atoms with Crippen molar-refractivity contribution in [3.8, 4) is 0 Å². The predicted octanol–water partition coefficient (Wildman–Crippen LogP) is 4.29. The number of aromatic nitrogens is 1. The number of amides is 1. The largest absolute Gasteiger partial charge is 0.382 e. The minimum absolute atomic E-state index is 0.0224. The van der Waals surface area contributed by atoms with Crippen LogP contribution in [0.3, 0.4) is 0 Å². The van der Waals surface area contributed by atoms with Crippen LogP contribution in [-0.4, -0.2) is 37.4 Å². The second-order valence-corrected chi connectivity index (χ2v) is 6.71. The molecule has 3 aromatic rings. The summed E-state index contributed by atoms with van der Waals surface area (Å²) in [5, 5.41) is 5.37. The van der Waals surface area contributed by atoms with E-state index in [0.717, 1.165) is 11.3 Å². The molecule has 1 N–H and O–H groups in total. The van der Waals surface area contributed by atoms with E-state index in [-0.39, 0.29) is 12.5 Å². The molecule has 138 valence electrons. The van der Waals surface area contributed by atoms with Gasteiger partial charge in [-0.1, -0.05) is 18.2 Å². The van der Waals surface area contributed by atoms with Gasteiger partial charge >= 0.3 is 0 Å². The molecule has 0 fully saturated rings. The molecule has 5 nitrogen and oxygen atoms in total. The van der Waals surface area contributed by atoms with Crippen molar-refractivity contribution in [3.63, 3.8) is 0 Å². The molecule has 0 atom stereocenters. The highest BCUT2D eigenvalue weighted by atomic mass is 16.5. The highest BCUT2D eigenvalue weighted by Gasteiger charge is 2.16. The van der Waals surface area contributed by atoms with Gasteiger partial charge in [-0.05, 0) is 44.5 Å². The van der Waals surface area contributed by atoms with Gasteiger partial charge in [0, 0.05) is 40.6 Å². The Hall–Kier alpha value is -2.37. The third-order valence-corrected chi connectivity index (χ3v) is 4.59. The average molecular weight is 354 g/mol. The van der Waals surface area contributed by atoms with Crippen LogP contribution in [0, 0.1) is 6.92 Å². The van der Waals surface area contributed by atoms with Crippen LogP contribution in [0.5, 0.6) is 0 Å². The Balaban J connectivity index is 1.96. The number of carbonyl (C=O) groups is 1. The summed E-state index contributed by atoms with van der Waals surface area (Å²) in [7, 11) is 1.61. The lowest BCUT2D eigenvalue weighted by atomic mass is 10.1. The highest BCUT2D eigenvalue weighted by molar-refractivity contribution is 6.12. The number of benzene rings is 2. The maximum atomic E-state index is 12.2. The van der Waals surface area contributed by atoms with Gasteiger partial charge in [-0.25, -0.2) is 0 Å². The van der Waals surface area contributed by atoms with Gasteiger partial charge in [0.05, 0.1) is 13.2 Å². The van der Waals surface area contributed by atoms with Gasteiger partial charge in [0.2, 0.25) is 5.91 Å². The molecule has 0 bridgehead atoms. The van der Waals surface area contributed by atoms with Crippen LogP contribution in [0.15, 0.2) is 36.4 Å². The number of anilines is 1. The molecule has 1 amide bonds. The zero-order valence-corrected chi connectivity index (χ0v) is 15.8. The minimum Gasteiger partial charge on any atom is -0.382 e. The fourth-order valence-corrected chi connectivity index (χ4v) is 3.45. The van der Waals surface area contributed by atoms with Crippen molar-refractivity contribution in [2.24, 2.45) is 0 Å². The molecule has 0 radical (unpaired) electrons. The lowest BCUT2D eigenvalue weighted by molar-refractivity contribution is -0.121. The van der Waals surface area contributed by atoms with Gasteiger partial charge in [0.25, 0.3) is 0 Å². The number of nitrogens with zero attached hydrogens (tertiary/aromatic N) is 1. The van der Waals surface area contributed by atoms with Crippen molar-refractivity contribution in [1.29, 1.82) is 0 Å². The number of rotatable bonds is 7. The molecule has 1 heterocycles. The maximum absolute atomic E-state index is 12.2. The third kappa shape index (κ3) is 3.45. The fourth-order valence-electron chi connectivity index (χ4n) is 3.45. The van der Waals surface area contributed by atoms with Crippen LogP contribution in [0.2, 0.25) is 0 Å². The van der Waals surface area contributed by atoms with Gasteiger partial charge < -0.3 is 19.4 Å². The quantitative estimate of drug-likeness (QED) is 0.644. The number of hydrogen-bond acceptors (Lipinski definition) is 3. The van der Waals surface area contributed by atoms with Gasteiger partial charge in [-0.3, -0.25) is 4.79 Å². The molecule has 2 aromatic carbocycles. The van der Waals surface area contributed by atoms with Crippen molar-refractivity contribution in [2.75, 3.05) is 32.2 Å². The molecule has 5 heteroatoms. The third-order valence-electron chi connectivity index (χ3n) is 4.59. The number of hydrogen-bond donors (Lipinski definition) is 1. The Morgan fingerprint density at radius 3 is 2.62 bits per heavy atom. The predicted molar refractivity (Wildman–Crippen MR) is 106 cm³/mol. The highest BCUT2D eigenvalue weighted by Crippen LogP contribution is 2.36. The normalized spacial score (nSPS) is 11.6. The molecule has 3 rings (SSSR count). The van der Waals surface area contributed by atoms with Crippen LogP contribution in [0.1, 0.15) is 25.5 Å². The van der Waals surface area contributed by atoms with Crippen molar-refractivity contribution >= 4 is 33.4 Å². The molecule has 0 saturated heterocycles. The molecule has 0 aliphatic heterocycles. The molecule has 0 aliphatic rings. The number of aryl methyl sites for hydroxylation is 1. The summed E-state index contributed by atoms with van der Waals surface area (Å²) < 4.78 is 12.6. The number of para-hydroxylation sites is 1. The molecule has 1 aromatic heterocycles. The molecule has 0 saturated carbocycles. The van der Waals surface area contributed by atoms with E-state index in [9.17, 15) is 4.79 Å². The van der Waals surface area contributed by atoms with Crippen LogP contribution in [0.4, 0.5) is 5.69 Å². The van der Waals surface area contributed by atoms with Crippen LogP contribution >= 0.6 is 0 Å². The molecule has 0 unspecified atom stereocenters. The Morgan fingerprint density at radius 2 is 1.88 bits per heavy atom. The van der Waals surface area contributed by atoms with Crippen LogP contribution < -0.4 is 5.32 Å². The molecule has 26 heavy (non-hydrogen) atoms. The molecule has 0 aliphatic carbocycles. The Labute approximate surface area is 153 Å². The number of ether oxygens (including phenoxy) is 2. The van der Waals surface area contributed by atoms with E-state index >= 15 is 0 Å². The Kier molecular flexibility index (Phi) is 5.59. The maximum Gasteiger partial charge on any atom is 0.250 e. The summed E-state index contributed by atoms with van der Waals surface area (Å²) in [6.07, 6.45) is 0. The summed E-state index contributed by atoms with van der Waals surface area (Å²) in [5.74, 6) is -0.156. The summed E-state index contributed by atoms with van der Waals surface area (Å²) in [6, 6.07) is 12.8. The Morgan fingerprint density at radius 1 is 1.12 bits per heavy atom. The second kappa shape index (κ2) is 7.89. The second-order valence-electron chi connectivity index (χ2n) is 6.71. The summed E-state index contributed by atoms with van der Waals surface area (Å²) in [4.78, 5) is 12.2. The minimum atomic E-state index is -0.156. The topological polar surface area (TPSA) is 52.5 Å². The molecular formula is C21H26N2O3. The van der Waals surface area contributed by atoms with Gasteiger partial charge in [-0.15, -0.1) is 0 Å². The van der Waals surface area contributed by atoms with Crippen molar-refractivity contribution in [3.05, 3.63) is 42.0 Å². The van der Waals surface area contributed by atoms with E-state index in [2.05, 4.69) is 61.0 Å². The van der Waals surface area contributed by atoms with Crippen molar-refractivity contribution < 1.29 is 14.3 Å². The lowest BCUT2D eigenvalue weighted by Crippen LogP contribution is -2.20. The molecule has 0 spiro atoms.